The molecule has 0 aliphatic heterocycles. The molecule has 26 heavy (non-hydrogen) atoms. The lowest BCUT2D eigenvalue weighted by atomic mass is 10.1. The third-order valence-corrected chi connectivity index (χ3v) is 4.30. The number of hydrogen-bond donors (Lipinski definition) is 2. The lowest BCUT2D eigenvalue weighted by Crippen LogP contribution is -2.32. The highest BCUT2D eigenvalue weighted by Gasteiger charge is 2.05. The van der Waals surface area contributed by atoms with Crippen molar-refractivity contribution >= 4 is 17.4 Å². The number of nitrogens with zero attached hydrogens (tertiary/aromatic N) is 1. The molecule has 0 aliphatic rings. The Labute approximate surface area is 156 Å². The Morgan fingerprint density at radius 2 is 1.62 bits per heavy atom. The van der Waals surface area contributed by atoms with Crippen molar-refractivity contribution in [2.24, 2.45) is 0 Å². The number of amides is 2. The minimum Gasteiger partial charge on any atom is -0.491 e. The van der Waals surface area contributed by atoms with Gasteiger partial charge in [0.15, 0.2) is 0 Å². The maximum atomic E-state index is 12.0. The van der Waals surface area contributed by atoms with E-state index in [0.717, 1.165) is 41.3 Å². The zero-order valence-corrected chi connectivity index (χ0v) is 16.1. The third kappa shape index (κ3) is 5.41. The van der Waals surface area contributed by atoms with Gasteiger partial charge in [-0.15, -0.1) is 0 Å². The normalized spacial score (nSPS) is 10.3. The highest BCUT2D eigenvalue weighted by atomic mass is 16.5. The summed E-state index contributed by atoms with van der Waals surface area (Å²) in [7, 11) is 0. The average molecular weight is 355 g/mol. The number of carbonyl (C=O) groups excluding carboxylic acids is 1. The third-order valence-electron chi connectivity index (χ3n) is 4.30. The summed E-state index contributed by atoms with van der Waals surface area (Å²) in [6, 6.07) is 13.7. The number of anilines is 2. The smallest absolute Gasteiger partial charge is 0.319 e. The summed E-state index contributed by atoms with van der Waals surface area (Å²) in [4.78, 5) is 14.3. The van der Waals surface area contributed by atoms with Gasteiger partial charge in [0.2, 0.25) is 0 Å². The Kier molecular flexibility index (Phi) is 7.33. The summed E-state index contributed by atoms with van der Waals surface area (Å²) in [5.74, 6) is 0.890. The fourth-order valence-electron chi connectivity index (χ4n) is 2.86. The number of carbonyl (C=O) groups is 1. The lowest BCUT2D eigenvalue weighted by molar-refractivity contribution is 0.247. The quantitative estimate of drug-likeness (QED) is 0.692. The minimum atomic E-state index is -0.231. The molecule has 0 aliphatic carbocycles. The van der Waals surface area contributed by atoms with Crippen molar-refractivity contribution < 1.29 is 9.53 Å². The Hall–Kier alpha value is -2.69. The van der Waals surface area contributed by atoms with Crippen LogP contribution in [0.25, 0.3) is 0 Å². The zero-order chi connectivity index (χ0) is 18.9. The molecule has 2 amide bonds. The van der Waals surface area contributed by atoms with Crippen LogP contribution < -0.4 is 20.3 Å². The van der Waals surface area contributed by atoms with Crippen molar-refractivity contribution in [3.63, 3.8) is 0 Å². The maximum absolute atomic E-state index is 12.0. The molecule has 140 valence electrons. The van der Waals surface area contributed by atoms with Gasteiger partial charge in [0.25, 0.3) is 0 Å². The molecular formula is C21H29N3O2. The van der Waals surface area contributed by atoms with Gasteiger partial charge in [-0.2, -0.15) is 0 Å². The monoisotopic (exact) mass is 355 g/mol. The van der Waals surface area contributed by atoms with Crippen molar-refractivity contribution in [2.45, 2.75) is 27.7 Å². The molecule has 0 saturated carbocycles. The van der Waals surface area contributed by atoms with Crippen LogP contribution in [-0.4, -0.2) is 32.3 Å². The van der Waals surface area contributed by atoms with Gasteiger partial charge in [-0.3, -0.25) is 0 Å². The maximum Gasteiger partial charge on any atom is 0.319 e. The van der Waals surface area contributed by atoms with E-state index in [4.69, 9.17) is 4.74 Å². The van der Waals surface area contributed by atoms with Gasteiger partial charge in [-0.1, -0.05) is 18.2 Å². The largest absolute Gasteiger partial charge is 0.491 e. The molecule has 0 bridgehead atoms. The Balaban J connectivity index is 1.77. The zero-order valence-electron chi connectivity index (χ0n) is 16.1. The fraction of sp³-hybridized carbons (Fsp3) is 0.381. The van der Waals surface area contributed by atoms with Crippen molar-refractivity contribution in [3.8, 4) is 5.75 Å². The molecule has 0 unspecified atom stereocenters. The highest BCUT2D eigenvalue weighted by molar-refractivity contribution is 5.89. The number of benzene rings is 2. The number of rotatable bonds is 8. The highest BCUT2D eigenvalue weighted by Crippen LogP contribution is 2.22. The van der Waals surface area contributed by atoms with E-state index in [2.05, 4.69) is 29.4 Å². The topological polar surface area (TPSA) is 53.6 Å². The van der Waals surface area contributed by atoms with Gasteiger partial charge in [0.05, 0.1) is 6.54 Å². The number of aryl methyl sites for hydroxylation is 2. The lowest BCUT2D eigenvalue weighted by Gasteiger charge is -2.21. The predicted octanol–water partition coefficient (Wildman–Crippen LogP) is 4.35. The Morgan fingerprint density at radius 3 is 2.19 bits per heavy atom. The molecule has 0 radical (unpaired) electrons. The van der Waals surface area contributed by atoms with Crippen molar-refractivity contribution in [3.05, 3.63) is 53.6 Å². The molecule has 5 nitrogen and oxygen atoms in total. The summed E-state index contributed by atoms with van der Waals surface area (Å²) < 4.78 is 5.79. The first-order chi connectivity index (χ1) is 12.5. The first kappa shape index (κ1) is 19.6. The molecule has 2 rings (SSSR count). The van der Waals surface area contributed by atoms with Crippen LogP contribution in [0.5, 0.6) is 5.75 Å². The van der Waals surface area contributed by atoms with E-state index < -0.39 is 0 Å². The van der Waals surface area contributed by atoms with Crippen molar-refractivity contribution in [1.82, 2.24) is 5.32 Å². The van der Waals surface area contributed by atoms with Gasteiger partial charge in [0, 0.05) is 24.5 Å². The summed E-state index contributed by atoms with van der Waals surface area (Å²) in [6.07, 6.45) is 0. The number of hydrogen-bond acceptors (Lipinski definition) is 3. The second-order valence-electron chi connectivity index (χ2n) is 6.17. The van der Waals surface area contributed by atoms with Crippen LogP contribution >= 0.6 is 0 Å². The van der Waals surface area contributed by atoms with Gasteiger partial charge in [-0.05, 0) is 63.1 Å². The predicted molar refractivity (Wildman–Crippen MR) is 108 cm³/mol. The molecule has 0 aromatic heterocycles. The number of urea groups is 1. The number of para-hydroxylation sites is 1. The summed E-state index contributed by atoms with van der Waals surface area (Å²) >= 11 is 0. The second-order valence-corrected chi connectivity index (χ2v) is 6.17. The molecule has 2 aromatic rings. The van der Waals surface area contributed by atoms with Crippen LogP contribution in [0.15, 0.2) is 42.5 Å². The van der Waals surface area contributed by atoms with Crippen LogP contribution in [0.3, 0.4) is 0 Å². The molecule has 0 fully saturated rings. The molecule has 0 heterocycles. The molecule has 0 saturated heterocycles. The summed E-state index contributed by atoms with van der Waals surface area (Å²) in [6.45, 7) is 11.1. The average Bonchev–Trinajstić information content (AvgIpc) is 2.63. The summed E-state index contributed by atoms with van der Waals surface area (Å²) in [5, 5.41) is 5.66. The van der Waals surface area contributed by atoms with Crippen molar-refractivity contribution in [2.75, 3.05) is 36.5 Å². The van der Waals surface area contributed by atoms with E-state index in [1.165, 1.54) is 0 Å². The van der Waals surface area contributed by atoms with Gasteiger partial charge in [-0.25, -0.2) is 4.79 Å². The van der Waals surface area contributed by atoms with E-state index >= 15 is 0 Å². The molecule has 0 spiro atoms. The molecule has 2 N–H and O–H groups in total. The minimum absolute atomic E-state index is 0.231. The van der Waals surface area contributed by atoms with Crippen molar-refractivity contribution in [1.29, 1.82) is 0 Å². The summed E-state index contributed by atoms with van der Waals surface area (Å²) in [5.41, 5.74) is 4.13. The Bertz CT molecular complexity index is 689. The first-order valence-electron chi connectivity index (χ1n) is 9.14. The Morgan fingerprint density at radius 1 is 1.00 bits per heavy atom. The van der Waals surface area contributed by atoms with E-state index in [1.807, 2.05) is 56.3 Å². The number of nitrogens with one attached hydrogen (secondary N) is 2. The van der Waals surface area contributed by atoms with Crippen LogP contribution in [0, 0.1) is 13.8 Å². The van der Waals surface area contributed by atoms with E-state index in [-0.39, 0.29) is 6.03 Å². The van der Waals surface area contributed by atoms with E-state index in [9.17, 15) is 4.79 Å². The standard InChI is InChI=1S/C21H29N3O2/c1-5-24(6-2)19-12-10-18(11-13-19)23-21(25)22-14-15-26-20-16(3)8-7-9-17(20)4/h7-13H,5-6,14-15H2,1-4H3,(H2,22,23,25). The first-order valence-corrected chi connectivity index (χ1v) is 9.14. The van der Waals surface area contributed by atoms with Crippen LogP contribution in [-0.2, 0) is 0 Å². The van der Waals surface area contributed by atoms with Gasteiger partial charge < -0.3 is 20.3 Å². The van der Waals surface area contributed by atoms with Crippen LogP contribution in [0.2, 0.25) is 0 Å². The second kappa shape index (κ2) is 9.70. The van der Waals surface area contributed by atoms with E-state index in [1.54, 1.807) is 0 Å². The fourth-order valence-corrected chi connectivity index (χ4v) is 2.86. The van der Waals surface area contributed by atoms with Crippen LogP contribution in [0.4, 0.5) is 16.2 Å². The van der Waals surface area contributed by atoms with Crippen LogP contribution in [0.1, 0.15) is 25.0 Å². The van der Waals surface area contributed by atoms with E-state index in [0.29, 0.717) is 13.2 Å². The van der Waals surface area contributed by atoms with Gasteiger partial charge >= 0.3 is 6.03 Å². The molecule has 2 aromatic carbocycles. The molecular weight excluding hydrogens is 326 g/mol. The SMILES string of the molecule is CCN(CC)c1ccc(NC(=O)NCCOc2c(C)cccc2C)cc1. The molecule has 0 atom stereocenters. The van der Waals surface area contributed by atoms with Gasteiger partial charge in [0.1, 0.15) is 12.4 Å². The molecule has 5 heteroatoms. The number of ether oxygens (including phenoxy) is 1.